The molecule has 0 aliphatic heterocycles. The number of para-hydroxylation sites is 2. The van der Waals surface area contributed by atoms with E-state index in [1.165, 1.54) is 12.1 Å². The van der Waals surface area contributed by atoms with Gasteiger partial charge in [-0.3, -0.25) is 10.1 Å². The zero-order chi connectivity index (χ0) is 18.8. The van der Waals surface area contributed by atoms with Crippen LogP contribution in [0, 0.1) is 10.1 Å². The highest BCUT2D eigenvalue weighted by Gasteiger charge is 2.12. The van der Waals surface area contributed by atoms with Gasteiger partial charge < -0.3 is 10.3 Å². The lowest BCUT2D eigenvalue weighted by Crippen LogP contribution is -2.06. The second kappa shape index (κ2) is 6.92. The van der Waals surface area contributed by atoms with Crippen molar-refractivity contribution in [2.24, 2.45) is 0 Å². The molecule has 0 atom stereocenters. The number of nitrogens with zero attached hydrogens (tertiary/aromatic N) is 3. The average molecular weight is 358 g/mol. The highest BCUT2D eigenvalue weighted by molar-refractivity contribution is 5.76. The molecule has 1 heterocycles. The van der Waals surface area contributed by atoms with E-state index < -0.39 is 0 Å². The molecule has 1 aromatic heterocycles. The highest BCUT2D eigenvalue weighted by Crippen LogP contribution is 2.21. The Bertz CT molecular complexity index is 1100. The third kappa shape index (κ3) is 3.50. The Kier molecular flexibility index (Phi) is 4.30. The number of aromatic nitrogens is 2. The summed E-state index contributed by atoms with van der Waals surface area (Å²) in [6, 6.07) is 22.4. The van der Waals surface area contributed by atoms with Gasteiger partial charge in [0.15, 0.2) is 0 Å². The lowest BCUT2D eigenvalue weighted by molar-refractivity contribution is -0.384. The number of nitrogen functional groups attached to an aromatic ring is 1. The molecule has 3 aromatic carbocycles. The molecule has 0 bridgehead atoms. The molecule has 6 heteroatoms. The van der Waals surface area contributed by atoms with Crippen LogP contribution in [0.5, 0.6) is 0 Å². The summed E-state index contributed by atoms with van der Waals surface area (Å²) in [5.74, 6) is 0.944. The van der Waals surface area contributed by atoms with Crippen LogP contribution in [0.25, 0.3) is 11.0 Å². The van der Waals surface area contributed by atoms with Crippen LogP contribution in [0.4, 0.5) is 11.4 Å². The third-order valence-electron chi connectivity index (χ3n) is 4.56. The smallest absolute Gasteiger partial charge is 0.269 e. The minimum Gasteiger partial charge on any atom is -0.399 e. The van der Waals surface area contributed by atoms with Crippen LogP contribution in [-0.2, 0) is 13.0 Å². The van der Waals surface area contributed by atoms with Gasteiger partial charge in [-0.2, -0.15) is 0 Å². The average Bonchev–Trinajstić information content (AvgIpc) is 3.01. The van der Waals surface area contributed by atoms with E-state index in [0.29, 0.717) is 13.0 Å². The van der Waals surface area contributed by atoms with Crippen molar-refractivity contribution in [1.82, 2.24) is 9.55 Å². The van der Waals surface area contributed by atoms with Gasteiger partial charge in [0, 0.05) is 30.8 Å². The normalized spacial score (nSPS) is 11.0. The molecular formula is C21H18N4O2. The van der Waals surface area contributed by atoms with Gasteiger partial charge in [-0.15, -0.1) is 0 Å². The highest BCUT2D eigenvalue weighted by atomic mass is 16.6. The van der Waals surface area contributed by atoms with E-state index in [-0.39, 0.29) is 10.6 Å². The lowest BCUT2D eigenvalue weighted by atomic mass is 10.1. The summed E-state index contributed by atoms with van der Waals surface area (Å²) in [5.41, 5.74) is 10.7. The van der Waals surface area contributed by atoms with Gasteiger partial charge in [-0.05, 0) is 35.4 Å². The van der Waals surface area contributed by atoms with Crippen molar-refractivity contribution in [1.29, 1.82) is 0 Å². The van der Waals surface area contributed by atoms with Crippen molar-refractivity contribution in [3.05, 3.63) is 99.9 Å². The molecule has 0 fully saturated rings. The Balaban J connectivity index is 1.71. The van der Waals surface area contributed by atoms with Gasteiger partial charge in [0.2, 0.25) is 0 Å². The maximum absolute atomic E-state index is 10.9. The molecule has 4 aromatic rings. The molecule has 0 spiro atoms. The first kappa shape index (κ1) is 16.8. The summed E-state index contributed by atoms with van der Waals surface area (Å²) in [7, 11) is 0. The van der Waals surface area contributed by atoms with Crippen LogP contribution in [0.15, 0.2) is 72.8 Å². The molecule has 6 nitrogen and oxygen atoms in total. The Morgan fingerprint density at radius 1 is 0.926 bits per heavy atom. The van der Waals surface area contributed by atoms with Crippen LogP contribution in [0.3, 0.4) is 0 Å². The monoisotopic (exact) mass is 358 g/mol. The second-order valence-electron chi connectivity index (χ2n) is 6.44. The number of anilines is 1. The predicted molar refractivity (Wildman–Crippen MR) is 106 cm³/mol. The van der Waals surface area contributed by atoms with Crippen molar-refractivity contribution < 1.29 is 4.92 Å². The van der Waals surface area contributed by atoms with Crippen LogP contribution in [0.2, 0.25) is 0 Å². The molecule has 0 aliphatic rings. The van der Waals surface area contributed by atoms with Crippen molar-refractivity contribution in [3.8, 4) is 0 Å². The van der Waals surface area contributed by atoms with Gasteiger partial charge in [0.05, 0.1) is 16.0 Å². The van der Waals surface area contributed by atoms with E-state index in [2.05, 4.69) is 4.57 Å². The van der Waals surface area contributed by atoms with Crippen molar-refractivity contribution in [2.75, 3.05) is 5.73 Å². The zero-order valence-electron chi connectivity index (χ0n) is 14.6. The van der Waals surface area contributed by atoms with Crippen molar-refractivity contribution in [3.63, 3.8) is 0 Å². The first-order valence-corrected chi connectivity index (χ1v) is 8.62. The molecule has 0 aliphatic carbocycles. The maximum atomic E-state index is 10.9. The number of nitrogens with two attached hydrogens (primary N) is 1. The lowest BCUT2D eigenvalue weighted by Gasteiger charge is -2.10. The first-order chi connectivity index (χ1) is 13.1. The van der Waals surface area contributed by atoms with Crippen molar-refractivity contribution in [2.45, 2.75) is 13.0 Å². The van der Waals surface area contributed by atoms with Gasteiger partial charge in [-0.1, -0.05) is 36.4 Å². The molecule has 0 amide bonds. The van der Waals surface area contributed by atoms with Crippen LogP contribution in [0.1, 0.15) is 17.0 Å². The number of non-ortho nitro benzene ring substituents is 1. The number of fused-ring (bicyclic) bond motifs is 1. The van der Waals surface area contributed by atoms with E-state index in [1.54, 1.807) is 12.1 Å². The first-order valence-electron chi connectivity index (χ1n) is 8.62. The standard InChI is InChI=1S/C21H18N4O2/c22-17-9-5-15(6-10-17)13-21-23-19-3-1-2-4-20(19)24(21)14-16-7-11-18(12-8-16)25(26)27/h1-12H,13-14,22H2. The molecule has 134 valence electrons. The number of nitro groups is 1. The fraction of sp³-hybridized carbons (Fsp3) is 0.0952. The minimum atomic E-state index is -0.386. The topological polar surface area (TPSA) is 87.0 Å². The van der Waals surface area contributed by atoms with E-state index in [0.717, 1.165) is 33.7 Å². The molecule has 0 unspecified atom stereocenters. The Morgan fingerprint density at radius 2 is 1.59 bits per heavy atom. The Morgan fingerprint density at radius 3 is 2.30 bits per heavy atom. The third-order valence-corrected chi connectivity index (χ3v) is 4.56. The SMILES string of the molecule is Nc1ccc(Cc2nc3ccccc3n2Cc2ccc([N+](=O)[O-])cc2)cc1. The Labute approximate surface area is 156 Å². The largest absolute Gasteiger partial charge is 0.399 e. The number of hydrogen-bond donors (Lipinski definition) is 1. The maximum Gasteiger partial charge on any atom is 0.269 e. The summed E-state index contributed by atoms with van der Waals surface area (Å²) in [6.45, 7) is 0.600. The van der Waals surface area contributed by atoms with Crippen LogP contribution in [-0.4, -0.2) is 14.5 Å². The summed E-state index contributed by atoms with van der Waals surface area (Å²) in [6.07, 6.45) is 0.682. The van der Waals surface area contributed by atoms with E-state index >= 15 is 0 Å². The summed E-state index contributed by atoms with van der Waals surface area (Å²) in [4.78, 5) is 15.3. The number of hydrogen-bond acceptors (Lipinski definition) is 4. The molecule has 0 saturated heterocycles. The van der Waals surface area contributed by atoms with E-state index in [9.17, 15) is 10.1 Å². The zero-order valence-corrected chi connectivity index (χ0v) is 14.6. The summed E-state index contributed by atoms with van der Waals surface area (Å²) in [5, 5.41) is 10.9. The van der Waals surface area contributed by atoms with Gasteiger partial charge >= 0.3 is 0 Å². The molecular weight excluding hydrogens is 340 g/mol. The molecule has 4 rings (SSSR count). The van der Waals surface area contributed by atoms with Crippen LogP contribution < -0.4 is 5.73 Å². The summed E-state index contributed by atoms with van der Waals surface area (Å²) < 4.78 is 2.16. The number of imidazole rings is 1. The van der Waals surface area contributed by atoms with Crippen molar-refractivity contribution >= 4 is 22.4 Å². The van der Waals surface area contributed by atoms with Gasteiger partial charge in [0.25, 0.3) is 5.69 Å². The van der Waals surface area contributed by atoms with E-state index in [4.69, 9.17) is 10.7 Å². The Hall–Kier alpha value is -3.67. The molecule has 2 N–H and O–H groups in total. The second-order valence-corrected chi connectivity index (χ2v) is 6.44. The fourth-order valence-electron chi connectivity index (χ4n) is 3.16. The van der Waals surface area contributed by atoms with Crippen LogP contribution >= 0.6 is 0 Å². The molecule has 0 saturated carbocycles. The minimum absolute atomic E-state index is 0.0938. The predicted octanol–water partition coefficient (Wildman–Crippen LogP) is 4.17. The number of benzene rings is 3. The van der Waals surface area contributed by atoms with Gasteiger partial charge in [0.1, 0.15) is 5.82 Å². The summed E-state index contributed by atoms with van der Waals surface area (Å²) >= 11 is 0. The number of rotatable bonds is 5. The fourth-order valence-corrected chi connectivity index (χ4v) is 3.16. The quantitative estimate of drug-likeness (QED) is 0.329. The molecule has 27 heavy (non-hydrogen) atoms. The van der Waals surface area contributed by atoms with E-state index in [1.807, 2.05) is 48.5 Å². The number of nitro benzene ring substituents is 1. The molecule has 0 radical (unpaired) electrons. The van der Waals surface area contributed by atoms with Gasteiger partial charge in [-0.25, -0.2) is 4.98 Å².